The van der Waals surface area contributed by atoms with Crippen LogP contribution in [0.3, 0.4) is 0 Å². The number of methoxy groups -OCH3 is 3. The van der Waals surface area contributed by atoms with Crippen LogP contribution in [0.1, 0.15) is 77.1 Å². The van der Waals surface area contributed by atoms with Crippen LogP contribution in [0.15, 0.2) is 96.0 Å². The van der Waals surface area contributed by atoms with Gasteiger partial charge in [-0.15, -0.1) is 32.9 Å². The zero-order chi connectivity index (χ0) is 51.8. The maximum Gasteiger partial charge on any atom is 0.350 e. The average Bonchev–Trinajstić information content (AvgIpc) is 4.13. The lowest BCUT2D eigenvalue weighted by atomic mass is 10.2. The number of ether oxygens (including phenoxy) is 3. The fourth-order valence-electron chi connectivity index (χ4n) is 7.56. The Morgan fingerprint density at radius 3 is 1.44 bits per heavy atom. The van der Waals surface area contributed by atoms with Crippen LogP contribution in [0.5, 0.6) is 11.5 Å². The number of imidazole rings is 2. The summed E-state index contributed by atoms with van der Waals surface area (Å²) in [4.78, 5) is 63.2. The maximum absolute atomic E-state index is 12.9. The first-order chi connectivity index (χ1) is 35.4. The van der Waals surface area contributed by atoms with E-state index in [1.165, 1.54) is 29.2 Å². The molecule has 0 unspecified atom stereocenters. The number of fused-ring (bicyclic) bond motifs is 2. The molecule has 23 heteroatoms. The molecule has 10 rings (SSSR count). The molecule has 0 bridgehead atoms. The molecule has 8 aromatic rings. The summed E-state index contributed by atoms with van der Waals surface area (Å²) in [6.07, 6.45) is 6.95. The summed E-state index contributed by atoms with van der Waals surface area (Å²) in [7, 11) is 9.49. The van der Waals surface area contributed by atoms with Gasteiger partial charge in [-0.05, 0) is 84.0 Å². The van der Waals surface area contributed by atoms with Gasteiger partial charge in [0.1, 0.15) is 21.3 Å². The molecule has 2 amide bonds. The number of hydrogen-bond donors (Lipinski definition) is 6. The highest BCUT2D eigenvalue weighted by Gasteiger charge is 2.28. The molecule has 21 nitrogen and oxygen atoms in total. The SMILES string of the molecule is CO.COC(=O)c1sccc1Nc1cc(N(C)Cc2ccc(OC)cc2)c2ncc(C(=O)NC3CC3)n2n1.COc1ccc(CN(C)c2cc(Nc3ccsc3C(=O)O)nn3c(C(=O)NC4CC4)cnc23)cc1. The van der Waals surface area contributed by atoms with Gasteiger partial charge in [-0.25, -0.2) is 28.6 Å². The van der Waals surface area contributed by atoms with Crippen molar-refractivity contribution in [2.24, 2.45) is 0 Å². The van der Waals surface area contributed by atoms with Gasteiger partial charge >= 0.3 is 11.9 Å². The minimum atomic E-state index is -1.02. The Hall–Kier alpha value is -8.28. The lowest BCUT2D eigenvalue weighted by molar-refractivity contribution is 0.0606. The van der Waals surface area contributed by atoms with Gasteiger partial charge in [0, 0.05) is 58.5 Å². The third-order valence-electron chi connectivity index (χ3n) is 11.6. The molecule has 0 atom stereocenters. The maximum atomic E-state index is 12.9. The van der Waals surface area contributed by atoms with Crippen LogP contribution in [-0.4, -0.2) is 118 Å². The molecular weight excluding hydrogens is 977 g/mol. The first-order valence-corrected chi connectivity index (χ1v) is 24.7. The van der Waals surface area contributed by atoms with Crippen molar-refractivity contribution in [1.29, 1.82) is 0 Å². The van der Waals surface area contributed by atoms with E-state index in [1.54, 1.807) is 53.9 Å². The molecule has 2 aromatic carbocycles. The number of nitrogens with one attached hydrogen (secondary N) is 4. The Bertz CT molecular complexity index is 3240. The second-order valence-corrected chi connectivity index (χ2v) is 18.7. The molecule has 2 aliphatic rings. The van der Waals surface area contributed by atoms with E-state index in [-0.39, 0.29) is 28.8 Å². The van der Waals surface area contributed by atoms with Crippen molar-refractivity contribution >= 4 is 92.1 Å². The fourth-order valence-corrected chi connectivity index (χ4v) is 9.01. The van der Waals surface area contributed by atoms with E-state index < -0.39 is 11.9 Å². The molecule has 2 aliphatic carbocycles. The number of carbonyl (C=O) groups excluding carboxylic acids is 3. The molecule has 0 spiro atoms. The van der Waals surface area contributed by atoms with Crippen molar-refractivity contribution in [1.82, 2.24) is 39.8 Å². The number of thiophene rings is 2. The van der Waals surface area contributed by atoms with Gasteiger partial charge in [-0.1, -0.05) is 24.3 Å². The van der Waals surface area contributed by atoms with E-state index in [0.29, 0.717) is 63.7 Å². The predicted molar refractivity (Wildman–Crippen MR) is 279 cm³/mol. The van der Waals surface area contributed by atoms with Crippen LogP contribution in [-0.2, 0) is 17.8 Å². The van der Waals surface area contributed by atoms with E-state index in [2.05, 4.69) is 41.4 Å². The number of aliphatic hydroxyl groups excluding tert-OH is 1. The second kappa shape index (κ2) is 22.9. The lowest BCUT2D eigenvalue weighted by Gasteiger charge is -2.21. The summed E-state index contributed by atoms with van der Waals surface area (Å²) in [6.45, 7) is 1.16. The number of rotatable bonds is 18. The van der Waals surface area contributed by atoms with Gasteiger partial charge in [-0.2, -0.15) is 0 Å². The molecule has 6 heterocycles. The van der Waals surface area contributed by atoms with Crippen LogP contribution >= 0.6 is 22.7 Å². The molecule has 2 saturated carbocycles. The van der Waals surface area contributed by atoms with Crippen LogP contribution < -0.4 is 40.5 Å². The molecule has 6 N–H and O–H groups in total. The van der Waals surface area contributed by atoms with Gasteiger partial charge < -0.3 is 55.5 Å². The fraction of sp³-hybridized carbons (Fsp3) is 0.280. The minimum absolute atomic E-state index is 0.178. The highest BCUT2D eigenvalue weighted by molar-refractivity contribution is 7.13. The van der Waals surface area contributed by atoms with Crippen molar-refractivity contribution in [2.75, 3.05) is 63.0 Å². The number of anilines is 6. The van der Waals surface area contributed by atoms with E-state index in [9.17, 15) is 24.3 Å². The Balaban J connectivity index is 0.000000189. The van der Waals surface area contributed by atoms with Crippen LogP contribution in [0.25, 0.3) is 11.3 Å². The second-order valence-electron chi connectivity index (χ2n) is 16.9. The van der Waals surface area contributed by atoms with Crippen LogP contribution in [0.2, 0.25) is 0 Å². The van der Waals surface area contributed by atoms with E-state index >= 15 is 0 Å². The monoisotopic (exact) mass is 1030 g/mol. The molecule has 380 valence electrons. The van der Waals surface area contributed by atoms with Gasteiger partial charge in [0.15, 0.2) is 34.3 Å². The number of hydrogen-bond acceptors (Lipinski definition) is 18. The number of aromatic nitrogens is 6. The largest absolute Gasteiger partial charge is 0.497 e. The van der Waals surface area contributed by atoms with E-state index in [0.717, 1.165) is 78.1 Å². The summed E-state index contributed by atoms with van der Waals surface area (Å²) in [5, 5.41) is 41.5. The summed E-state index contributed by atoms with van der Waals surface area (Å²) >= 11 is 2.40. The molecule has 73 heavy (non-hydrogen) atoms. The number of aliphatic hydroxyl groups is 1. The summed E-state index contributed by atoms with van der Waals surface area (Å²) < 4.78 is 18.5. The number of aromatic carboxylic acids is 1. The molecule has 0 saturated heterocycles. The van der Waals surface area contributed by atoms with E-state index in [4.69, 9.17) is 19.3 Å². The molecule has 0 radical (unpaired) electrons. The zero-order valence-corrected chi connectivity index (χ0v) is 42.4. The Labute approximate surface area is 427 Å². The van der Waals surface area contributed by atoms with Gasteiger partial charge in [0.25, 0.3) is 11.8 Å². The summed E-state index contributed by atoms with van der Waals surface area (Å²) in [5.74, 6) is 0.508. The van der Waals surface area contributed by atoms with Crippen molar-refractivity contribution in [3.05, 3.63) is 128 Å². The normalized spacial score (nSPS) is 12.6. The van der Waals surface area contributed by atoms with Crippen LogP contribution in [0.4, 0.5) is 34.4 Å². The van der Waals surface area contributed by atoms with E-state index in [1.807, 2.05) is 78.5 Å². The zero-order valence-electron chi connectivity index (χ0n) is 40.8. The molecule has 2 fully saturated rings. The molecule has 0 aliphatic heterocycles. The summed E-state index contributed by atoms with van der Waals surface area (Å²) in [6, 6.07) is 23.1. The highest BCUT2D eigenvalue weighted by atomic mass is 32.1. The number of benzene rings is 2. The van der Waals surface area contributed by atoms with Crippen molar-refractivity contribution in [3.8, 4) is 11.5 Å². The quantitative estimate of drug-likeness (QED) is 0.0464. The predicted octanol–water partition coefficient (Wildman–Crippen LogP) is 7.24. The standard InChI is InChI=1S/C25H26N6O4S.C24H24N6O4S.CH4O/c1-30(14-15-4-8-17(34-2)9-5-15)19-12-21(28-18-10-11-36-22(18)25(33)35-3)29-31-20(13-26-23(19)31)24(32)27-16-6-7-16;1-29(13-14-3-7-16(34-2)8-4-14)18-11-20(27-17-9-10-35-21(17)24(32)33)28-30-19(12-25-22(18)30)23(31)26-15-5-6-15;1-2/h4-5,8-13,16H,6-7,14H2,1-3H3,(H,27,32)(H,28,29);3-4,7-12,15H,5-6,13H2,1-2H3,(H,26,31)(H,27,28)(H,32,33);2H,1H3. The lowest BCUT2D eigenvalue weighted by Crippen LogP contribution is -2.27. The van der Waals surface area contributed by atoms with Crippen molar-refractivity contribution < 1.29 is 43.6 Å². The molecule has 6 aromatic heterocycles. The van der Waals surface area contributed by atoms with Gasteiger partial charge in [0.05, 0.1) is 56.5 Å². The van der Waals surface area contributed by atoms with Crippen molar-refractivity contribution in [2.45, 2.75) is 50.9 Å². The van der Waals surface area contributed by atoms with Crippen LogP contribution in [0, 0.1) is 0 Å². The number of carboxylic acid groups (broad SMARTS) is 1. The first kappa shape index (κ1) is 51.1. The highest BCUT2D eigenvalue weighted by Crippen LogP contribution is 2.33. The number of amides is 2. The average molecular weight is 1030 g/mol. The minimum Gasteiger partial charge on any atom is -0.497 e. The number of carboxylic acids is 1. The van der Waals surface area contributed by atoms with Gasteiger partial charge in [0.2, 0.25) is 0 Å². The first-order valence-electron chi connectivity index (χ1n) is 22.9. The Morgan fingerprint density at radius 2 is 1.05 bits per heavy atom. The van der Waals surface area contributed by atoms with Crippen molar-refractivity contribution in [3.63, 3.8) is 0 Å². The Morgan fingerprint density at radius 1 is 0.644 bits per heavy atom. The third-order valence-corrected chi connectivity index (χ3v) is 13.4. The van der Waals surface area contributed by atoms with Gasteiger partial charge in [-0.3, -0.25) is 9.59 Å². The topological polar surface area (TPSA) is 251 Å². The summed E-state index contributed by atoms with van der Waals surface area (Å²) in [5.41, 5.74) is 6.38. The number of nitrogens with zero attached hydrogens (tertiary/aromatic N) is 8. The third kappa shape index (κ3) is 12.1. The number of carbonyl (C=O) groups is 4. The number of esters is 1. The smallest absolute Gasteiger partial charge is 0.350 e. The Kier molecular flexibility index (Phi) is 16.0. The molecular formula is C50H54N12O9S2.